The molecule has 5 heteroatoms. The molecule has 78 valence electrons. The third-order valence-electron chi connectivity index (χ3n) is 2.91. The molecular formula is C9H13NO4. The molecule has 0 saturated carbocycles. The van der Waals surface area contributed by atoms with Gasteiger partial charge >= 0.3 is 5.91 Å². The maximum Gasteiger partial charge on any atom is 0.316 e. The van der Waals surface area contributed by atoms with E-state index in [2.05, 4.69) is 0 Å². The van der Waals surface area contributed by atoms with E-state index in [4.69, 9.17) is 0 Å². The molecule has 0 bridgehead atoms. The molecule has 2 atom stereocenters. The van der Waals surface area contributed by atoms with Crippen LogP contribution in [0.1, 0.15) is 26.7 Å². The Morgan fingerprint density at radius 3 is 2.43 bits per heavy atom. The Labute approximate surface area is 81.9 Å². The number of carbonyl (C=O) groups excluding carboxylic acids is 3. The quantitative estimate of drug-likeness (QED) is 0.490. The molecule has 1 aliphatic rings. The van der Waals surface area contributed by atoms with Crippen molar-refractivity contribution < 1.29 is 24.0 Å². The van der Waals surface area contributed by atoms with E-state index in [0.717, 1.165) is 0 Å². The summed E-state index contributed by atoms with van der Waals surface area (Å²) in [7, 11) is 0. The average Bonchev–Trinajstić information content (AvgIpc) is 2.02. The summed E-state index contributed by atoms with van der Waals surface area (Å²) in [6.45, 7) is 2.84. The number of quaternary nitrogens is 1. The SMILES string of the molecule is CC(=O)[N+]1(C(=O)[O-])CCC(=O)CC1C. The minimum atomic E-state index is -1.41. The van der Waals surface area contributed by atoms with Crippen LogP contribution in [-0.4, -0.2) is 34.9 Å². The van der Waals surface area contributed by atoms with Gasteiger partial charge in [-0.15, -0.1) is 0 Å². The fourth-order valence-corrected chi connectivity index (χ4v) is 1.98. The molecule has 1 rings (SSSR count). The number of hydrogen-bond donors (Lipinski definition) is 0. The summed E-state index contributed by atoms with van der Waals surface area (Å²) in [5.41, 5.74) is 0. The summed E-state index contributed by atoms with van der Waals surface area (Å²) in [5.74, 6) is -0.459. The monoisotopic (exact) mass is 199 g/mol. The van der Waals surface area contributed by atoms with Gasteiger partial charge in [0, 0.05) is 0 Å². The molecule has 0 spiro atoms. The predicted molar refractivity (Wildman–Crippen MR) is 44.9 cm³/mol. The van der Waals surface area contributed by atoms with Gasteiger partial charge < -0.3 is 9.90 Å². The standard InChI is InChI=1S/C9H13NO4/c1-6-5-8(12)3-4-10(6,7(2)11)9(13)14/h6H,3-5H2,1-2H3. The number of ketones is 1. The highest BCUT2D eigenvalue weighted by atomic mass is 16.4. The largest absolute Gasteiger partial charge is 0.498 e. The Kier molecular flexibility index (Phi) is 2.71. The molecule has 0 N–H and O–H groups in total. The van der Waals surface area contributed by atoms with E-state index in [9.17, 15) is 19.5 Å². The van der Waals surface area contributed by atoms with Gasteiger partial charge in [0.1, 0.15) is 11.8 Å². The fraction of sp³-hybridized carbons (Fsp3) is 0.667. The van der Waals surface area contributed by atoms with Crippen molar-refractivity contribution in [3.63, 3.8) is 0 Å². The van der Waals surface area contributed by atoms with E-state index < -0.39 is 22.5 Å². The van der Waals surface area contributed by atoms with Gasteiger partial charge in [0.15, 0.2) is 0 Å². The second-order valence-electron chi connectivity index (χ2n) is 3.72. The number of likely N-dealkylation sites (tertiary alicyclic amines) is 1. The molecule has 14 heavy (non-hydrogen) atoms. The smallest absolute Gasteiger partial charge is 0.316 e. The maximum atomic E-state index is 11.3. The lowest BCUT2D eigenvalue weighted by atomic mass is 9.99. The normalized spacial score (nSPS) is 32.7. The topological polar surface area (TPSA) is 74.3 Å². The van der Waals surface area contributed by atoms with Gasteiger partial charge in [-0.3, -0.25) is 4.79 Å². The minimum Gasteiger partial charge on any atom is -0.498 e. The van der Waals surface area contributed by atoms with Crippen molar-refractivity contribution in [2.24, 2.45) is 0 Å². The highest BCUT2D eigenvalue weighted by Crippen LogP contribution is 2.23. The summed E-state index contributed by atoms with van der Waals surface area (Å²) in [5, 5.41) is 11.0. The van der Waals surface area contributed by atoms with E-state index in [-0.39, 0.29) is 25.2 Å². The molecule has 2 amide bonds. The van der Waals surface area contributed by atoms with Gasteiger partial charge in [-0.05, 0) is 6.92 Å². The van der Waals surface area contributed by atoms with Gasteiger partial charge in [0.25, 0.3) is 6.09 Å². The van der Waals surface area contributed by atoms with E-state index >= 15 is 0 Å². The predicted octanol–water partition coefficient (Wildman–Crippen LogP) is -0.556. The van der Waals surface area contributed by atoms with Crippen LogP contribution in [0.25, 0.3) is 0 Å². The summed E-state index contributed by atoms with van der Waals surface area (Å²) < 4.78 is -0.717. The van der Waals surface area contributed by atoms with E-state index in [0.29, 0.717) is 0 Å². The Hall–Kier alpha value is -1.23. The van der Waals surface area contributed by atoms with Crippen LogP contribution in [0.15, 0.2) is 0 Å². The fourth-order valence-electron chi connectivity index (χ4n) is 1.98. The summed E-state index contributed by atoms with van der Waals surface area (Å²) in [4.78, 5) is 33.4. The molecule has 0 aromatic carbocycles. The number of carboxylic acid groups (broad SMARTS) is 1. The second-order valence-corrected chi connectivity index (χ2v) is 3.72. The molecule has 1 saturated heterocycles. The number of Topliss-reactive ketones (excluding diaryl/α,β-unsaturated/α-hetero) is 1. The number of nitrogens with zero attached hydrogens (tertiary/aromatic N) is 1. The van der Waals surface area contributed by atoms with E-state index in [1.807, 2.05) is 0 Å². The van der Waals surface area contributed by atoms with Crippen LogP contribution >= 0.6 is 0 Å². The number of hydrogen-bond acceptors (Lipinski definition) is 4. The highest BCUT2D eigenvalue weighted by molar-refractivity contribution is 5.84. The number of amides is 2. The first kappa shape index (κ1) is 10.8. The summed E-state index contributed by atoms with van der Waals surface area (Å²) in [6.07, 6.45) is -1.14. The van der Waals surface area contributed by atoms with Crippen molar-refractivity contribution in [1.82, 2.24) is 0 Å². The first-order valence-corrected chi connectivity index (χ1v) is 4.53. The number of rotatable bonds is 0. The first-order valence-electron chi connectivity index (χ1n) is 4.53. The Morgan fingerprint density at radius 2 is 2.07 bits per heavy atom. The zero-order valence-corrected chi connectivity index (χ0v) is 8.28. The van der Waals surface area contributed by atoms with E-state index in [1.165, 1.54) is 6.92 Å². The number of carbonyl (C=O) groups is 3. The van der Waals surface area contributed by atoms with Crippen LogP contribution in [0.3, 0.4) is 0 Å². The zero-order valence-electron chi connectivity index (χ0n) is 8.28. The molecule has 0 aromatic rings. The van der Waals surface area contributed by atoms with Crippen LogP contribution in [0.2, 0.25) is 0 Å². The molecule has 2 unspecified atom stereocenters. The van der Waals surface area contributed by atoms with Gasteiger partial charge in [-0.2, -0.15) is 0 Å². The molecular weight excluding hydrogens is 186 g/mol. The minimum absolute atomic E-state index is 0.00810. The molecule has 1 aliphatic heterocycles. The van der Waals surface area contributed by atoms with Crippen LogP contribution < -0.4 is 5.11 Å². The van der Waals surface area contributed by atoms with Gasteiger partial charge in [0.05, 0.1) is 26.3 Å². The van der Waals surface area contributed by atoms with Gasteiger partial charge in [-0.1, -0.05) is 0 Å². The van der Waals surface area contributed by atoms with Crippen LogP contribution in [-0.2, 0) is 9.59 Å². The summed E-state index contributed by atoms with van der Waals surface area (Å²) in [6, 6.07) is -0.515. The lowest BCUT2D eigenvalue weighted by molar-refractivity contribution is -0.828. The maximum absolute atomic E-state index is 11.3. The number of piperidine rings is 1. The van der Waals surface area contributed by atoms with Crippen molar-refractivity contribution in [3.8, 4) is 0 Å². The van der Waals surface area contributed by atoms with Crippen LogP contribution in [0, 0.1) is 0 Å². The second kappa shape index (κ2) is 3.49. The van der Waals surface area contributed by atoms with Crippen molar-refractivity contribution in [1.29, 1.82) is 0 Å². The van der Waals surface area contributed by atoms with Crippen molar-refractivity contribution >= 4 is 17.8 Å². The zero-order chi connectivity index (χ0) is 10.9. The number of imide groups is 1. The lowest BCUT2D eigenvalue weighted by Crippen LogP contribution is -2.68. The van der Waals surface area contributed by atoms with Crippen molar-refractivity contribution in [3.05, 3.63) is 0 Å². The molecule has 0 radical (unpaired) electrons. The highest BCUT2D eigenvalue weighted by Gasteiger charge is 2.45. The van der Waals surface area contributed by atoms with E-state index in [1.54, 1.807) is 6.92 Å². The molecule has 1 fully saturated rings. The Bertz CT molecular complexity index is 283. The van der Waals surface area contributed by atoms with Crippen molar-refractivity contribution in [2.45, 2.75) is 32.7 Å². The van der Waals surface area contributed by atoms with Crippen molar-refractivity contribution in [2.75, 3.05) is 6.54 Å². The molecule has 1 heterocycles. The first-order chi connectivity index (χ1) is 6.41. The van der Waals surface area contributed by atoms with Crippen LogP contribution in [0.4, 0.5) is 4.79 Å². The molecule has 0 aromatic heterocycles. The lowest BCUT2D eigenvalue weighted by Gasteiger charge is -2.41. The molecule has 0 aliphatic carbocycles. The van der Waals surface area contributed by atoms with Gasteiger partial charge in [0.2, 0.25) is 0 Å². The Balaban J connectivity index is 3.05. The summed E-state index contributed by atoms with van der Waals surface area (Å²) >= 11 is 0. The van der Waals surface area contributed by atoms with Crippen LogP contribution in [0.5, 0.6) is 0 Å². The third-order valence-corrected chi connectivity index (χ3v) is 2.91. The molecule has 5 nitrogen and oxygen atoms in total. The van der Waals surface area contributed by atoms with Gasteiger partial charge in [-0.25, -0.2) is 9.28 Å². The average molecular weight is 199 g/mol. The third kappa shape index (κ3) is 1.43. The Morgan fingerprint density at radius 1 is 1.50 bits per heavy atom.